The van der Waals surface area contributed by atoms with Crippen molar-refractivity contribution in [1.82, 2.24) is 54.5 Å². The van der Waals surface area contributed by atoms with Crippen LogP contribution in [0.15, 0.2) is 77.4 Å². The molecule has 1 aliphatic rings. The molecule has 3 N–H and O–H groups in total. The van der Waals surface area contributed by atoms with Gasteiger partial charge in [-0.15, -0.1) is 16.4 Å². The van der Waals surface area contributed by atoms with Crippen LogP contribution >= 0.6 is 11.3 Å². The number of aromatic amines is 1. The number of nitrogens with two attached hydrogens (primary N) is 1. The molecule has 1 aromatic carbocycles. The van der Waals surface area contributed by atoms with E-state index in [1.807, 2.05) is 56.2 Å². The summed E-state index contributed by atoms with van der Waals surface area (Å²) in [5.74, 6) is 0.852. The number of carbonyl (C=O) groups is 1. The summed E-state index contributed by atoms with van der Waals surface area (Å²) in [5.41, 5.74) is 10.4. The highest BCUT2D eigenvalue weighted by Gasteiger charge is 2.26. The summed E-state index contributed by atoms with van der Waals surface area (Å²) in [6, 6.07) is 14.2. The predicted octanol–water partition coefficient (Wildman–Crippen LogP) is 4.26. The zero-order chi connectivity index (χ0) is 31.7. The van der Waals surface area contributed by atoms with E-state index in [4.69, 9.17) is 10.3 Å². The number of imidazole rings is 1. The first-order valence-corrected chi connectivity index (χ1v) is 16.3. The maximum Gasteiger partial charge on any atom is 0.276 e. The standard InChI is InChI=1S/C32H32N12O2S/c33-30-29-31(36-19-35-30)43(20-37-29)14-23-15-44(40-38-23)24-3-1-9-41(16-24)17-25-12-28(39-46-25)32(45)42(18-26-4-2-10-47-26)13-21-5-6-27-22(11-21)7-8-34-27/h2,4-8,10-12,15,19-20,24,34H,1,3,9,13-14,16-18H2,(H2,33,35,36). The Morgan fingerprint density at radius 2 is 2.09 bits per heavy atom. The Balaban J connectivity index is 0.927. The quantitative estimate of drug-likeness (QED) is 0.219. The third-order valence-electron chi connectivity index (χ3n) is 8.54. The molecule has 1 aliphatic heterocycles. The number of piperidine rings is 1. The Bertz CT molecular complexity index is 2150. The molecule has 7 aromatic rings. The van der Waals surface area contributed by atoms with Gasteiger partial charge in [-0.2, -0.15) is 0 Å². The molecule has 14 nitrogen and oxygen atoms in total. The summed E-state index contributed by atoms with van der Waals surface area (Å²) >= 11 is 1.63. The molecule has 6 aromatic heterocycles. The van der Waals surface area contributed by atoms with Crippen LogP contribution in [-0.4, -0.2) is 73.5 Å². The van der Waals surface area contributed by atoms with E-state index in [9.17, 15) is 4.79 Å². The third-order valence-corrected chi connectivity index (χ3v) is 9.40. The smallest absolute Gasteiger partial charge is 0.276 e. The van der Waals surface area contributed by atoms with Crippen LogP contribution in [-0.2, 0) is 26.2 Å². The van der Waals surface area contributed by atoms with Gasteiger partial charge >= 0.3 is 0 Å². The van der Waals surface area contributed by atoms with Crippen LogP contribution < -0.4 is 5.73 Å². The molecule has 7 heterocycles. The van der Waals surface area contributed by atoms with Crippen LogP contribution in [0, 0.1) is 0 Å². The third kappa shape index (κ3) is 6.09. The van der Waals surface area contributed by atoms with Crippen LogP contribution in [0.4, 0.5) is 5.82 Å². The van der Waals surface area contributed by atoms with E-state index in [2.05, 4.69) is 52.4 Å². The molecule has 1 amide bonds. The van der Waals surface area contributed by atoms with Crippen molar-refractivity contribution in [2.24, 2.45) is 0 Å². The number of nitrogen functional groups attached to an aromatic ring is 1. The van der Waals surface area contributed by atoms with E-state index in [0.717, 1.165) is 53.0 Å². The second-order valence-electron chi connectivity index (χ2n) is 11.8. The fraction of sp³-hybridized carbons (Fsp3) is 0.281. The lowest BCUT2D eigenvalue weighted by Crippen LogP contribution is -2.36. The van der Waals surface area contributed by atoms with Crippen LogP contribution in [0.2, 0.25) is 0 Å². The van der Waals surface area contributed by atoms with Gasteiger partial charge < -0.3 is 24.7 Å². The molecule has 1 unspecified atom stereocenters. The Kier molecular flexibility index (Phi) is 7.67. The van der Waals surface area contributed by atoms with Gasteiger partial charge in [0.2, 0.25) is 0 Å². The molecule has 0 radical (unpaired) electrons. The van der Waals surface area contributed by atoms with E-state index in [1.54, 1.807) is 23.7 Å². The number of rotatable bonds is 10. The number of H-pyrrole nitrogens is 1. The van der Waals surface area contributed by atoms with Crippen LogP contribution in [0.3, 0.4) is 0 Å². The minimum Gasteiger partial charge on any atom is -0.382 e. The second-order valence-corrected chi connectivity index (χ2v) is 12.9. The molecule has 1 atom stereocenters. The fourth-order valence-electron chi connectivity index (χ4n) is 6.23. The molecular weight excluding hydrogens is 617 g/mol. The Morgan fingerprint density at radius 3 is 3.00 bits per heavy atom. The number of amides is 1. The predicted molar refractivity (Wildman–Crippen MR) is 175 cm³/mol. The van der Waals surface area contributed by atoms with Crippen molar-refractivity contribution in [2.45, 2.75) is 45.1 Å². The Morgan fingerprint density at radius 1 is 1.13 bits per heavy atom. The normalized spacial score (nSPS) is 15.5. The number of carbonyl (C=O) groups excluding carboxylic acids is 1. The van der Waals surface area contributed by atoms with E-state index in [1.165, 1.54) is 6.33 Å². The van der Waals surface area contributed by atoms with Gasteiger partial charge in [0.1, 0.15) is 17.5 Å². The number of likely N-dealkylation sites (tertiary alicyclic amines) is 1. The monoisotopic (exact) mass is 648 g/mol. The summed E-state index contributed by atoms with van der Waals surface area (Å²) in [5, 5.41) is 16.2. The average molecular weight is 649 g/mol. The van der Waals surface area contributed by atoms with Gasteiger partial charge in [0.25, 0.3) is 5.91 Å². The number of hydrogen-bond acceptors (Lipinski definition) is 11. The minimum absolute atomic E-state index is 0.158. The van der Waals surface area contributed by atoms with E-state index in [0.29, 0.717) is 54.6 Å². The molecular formula is C32H32N12O2S. The lowest BCUT2D eigenvalue weighted by molar-refractivity contribution is 0.0721. The van der Waals surface area contributed by atoms with Gasteiger partial charge in [-0.3, -0.25) is 9.69 Å². The van der Waals surface area contributed by atoms with Crippen LogP contribution in [0.25, 0.3) is 22.1 Å². The van der Waals surface area contributed by atoms with Crippen LogP contribution in [0.5, 0.6) is 0 Å². The SMILES string of the molecule is Nc1ncnc2c1ncn2Cc1cn(C2CCCN(Cc3cc(C(=O)N(Cc4ccc5[nH]ccc5c4)Cc4cccs4)no3)C2)nn1. The zero-order valence-electron chi connectivity index (χ0n) is 25.4. The number of nitrogens with one attached hydrogen (secondary N) is 1. The number of benzene rings is 1. The minimum atomic E-state index is -0.158. The van der Waals surface area contributed by atoms with Crippen molar-refractivity contribution < 1.29 is 9.32 Å². The number of anilines is 1. The van der Waals surface area contributed by atoms with E-state index >= 15 is 0 Å². The van der Waals surface area contributed by atoms with Gasteiger partial charge in [-0.25, -0.2) is 19.6 Å². The molecule has 0 aliphatic carbocycles. The van der Waals surface area contributed by atoms with E-state index in [-0.39, 0.29) is 11.9 Å². The van der Waals surface area contributed by atoms with Gasteiger partial charge in [0.15, 0.2) is 22.9 Å². The highest BCUT2D eigenvalue weighted by atomic mass is 32.1. The van der Waals surface area contributed by atoms with Crippen molar-refractivity contribution >= 4 is 45.1 Å². The first-order valence-electron chi connectivity index (χ1n) is 15.4. The molecule has 0 spiro atoms. The van der Waals surface area contributed by atoms with Crippen molar-refractivity contribution in [3.8, 4) is 0 Å². The van der Waals surface area contributed by atoms with Crippen molar-refractivity contribution in [3.05, 3.63) is 100 Å². The van der Waals surface area contributed by atoms with E-state index < -0.39 is 0 Å². The number of aromatic nitrogens is 9. The molecule has 238 valence electrons. The van der Waals surface area contributed by atoms with Crippen molar-refractivity contribution in [3.63, 3.8) is 0 Å². The van der Waals surface area contributed by atoms with Gasteiger partial charge in [-0.1, -0.05) is 22.5 Å². The van der Waals surface area contributed by atoms with Crippen molar-refractivity contribution in [1.29, 1.82) is 0 Å². The molecule has 0 saturated carbocycles. The molecule has 8 rings (SSSR count). The summed E-state index contributed by atoms with van der Waals surface area (Å²) < 4.78 is 9.54. The zero-order valence-corrected chi connectivity index (χ0v) is 26.3. The van der Waals surface area contributed by atoms with Crippen LogP contribution in [0.1, 0.15) is 51.3 Å². The fourth-order valence-corrected chi connectivity index (χ4v) is 6.95. The average Bonchev–Trinajstić information content (AvgIpc) is 3.92. The first kappa shape index (κ1) is 29.0. The molecule has 1 fully saturated rings. The topological polar surface area (TPSA) is 166 Å². The molecule has 0 bridgehead atoms. The van der Waals surface area contributed by atoms with Gasteiger partial charge in [0, 0.05) is 35.7 Å². The lowest BCUT2D eigenvalue weighted by Gasteiger charge is -2.31. The number of thiophene rings is 1. The maximum absolute atomic E-state index is 13.8. The van der Waals surface area contributed by atoms with Crippen molar-refractivity contribution in [2.75, 3.05) is 18.8 Å². The summed E-state index contributed by atoms with van der Waals surface area (Å²) in [6.07, 6.45) is 9.02. The summed E-state index contributed by atoms with van der Waals surface area (Å²) in [6.45, 7) is 3.67. The number of fused-ring (bicyclic) bond motifs is 2. The second kappa shape index (κ2) is 12.4. The lowest BCUT2D eigenvalue weighted by atomic mass is 10.1. The molecule has 1 saturated heterocycles. The molecule has 47 heavy (non-hydrogen) atoms. The Labute approximate surface area is 272 Å². The number of hydrogen-bond donors (Lipinski definition) is 2. The summed E-state index contributed by atoms with van der Waals surface area (Å²) in [4.78, 5) is 34.9. The first-order chi connectivity index (χ1) is 23.1. The summed E-state index contributed by atoms with van der Waals surface area (Å²) in [7, 11) is 0. The highest BCUT2D eigenvalue weighted by molar-refractivity contribution is 7.09. The molecule has 15 heteroatoms. The van der Waals surface area contributed by atoms with Gasteiger partial charge in [-0.05, 0) is 60.0 Å². The highest BCUT2D eigenvalue weighted by Crippen LogP contribution is 2.25. The largest absolute Gasteiger partial charge is 0.382 e. The maximum atomic E-state index is 13.8. The number of nitrogens with zero attached hydrogens (tertiary/aromatic N) is 10. The van der Waals surface area contributed by atoms with Gasteiger partial charge in [0.05, 0.1) is 38.2 Å². The Hall–Kier alpha value is -5.41.